The number of benzene rings is 3. The Morgan fingerprint density at radius 3 is 1.76 bits per heavy atom. The van der Waals surface area contributed by atoms with Crippen molar-refractivity contribution in [2.24, 2.45) is 0 Å². The summed E-state index contributed by atoms with van der Waals surface area (Å²) in [5.41, 5.74) is 3.94. The Morgan fingerprint density at radius 2 is 1.16 bits per heavy atom. The lowest BCUT2D eigenvalue weighted by atomic mass is 9.88. The molecular formula is C22H17NO2. The van der Waals surface area contributed by atoms with Crippen LogP contribution in [0.2, 0.25) is 0 Å². The second kappa shape index (κ2) is 6.29. The summed E-state index contributed by atoms with van der Waals surface area (Å²) in [5, 5.41) is 20.3. The molecule has 0 atom stereocenters. The van der Waals surface area contributed by atoms with Gasteiger partial charge in [0.2, 0.25) is 0 Å². The summed E-state index contributed by atoms with van der Waals surface area (Å²) in [7, 11) is 0. The van der Waals surface area contributed by atoms with Gasteiger partial charge in [0.05, 0.1) is 17.1 Å². The molecule has 0 saturated carbocycles. The van der Waals surface area contributed by atoms with Gasteiger partial charge in [-0.2, -0.15) is 0 Å². The normalized spacial score (nSPS) is 11.1. The first-order valence-electron chi connectivity index (χ1n) is 8.14. The van der Waals surface area contributed by atoms with Crippen LogP contribution in [0.4, 0.5) is 0 Å². The van der Waals surface area contributed by atoms with Crippen LogP contribution in [0.15, 0.2) is 84.9 Å². The maximum atomic E-state index is 9.61. The topological polar surface area (TPSA) is 53.4 Å². The van der Waals surface area contributed by atoms with Crippen LogP contribution in [0.5, 0.6) is 11.5 Å². The molecule has 1 heterocycles. The lowest BCUT2D eigenvalue weighted by Crippen LogP contribution is -2.05. The number of phenols is 2. The van der Waals surface area contributed by atoms with Crippen LogP contribution in [0.1, 0.15) is 22.7 Å². The van der Waals surface area contributed by atoms with Gasteiger partial charge in [-0.1, -0.05) is 48.5 Å². The lowest BCUT2D eigenvalue weighted by molar-refractivity contribution is 0.475. The van der Waals surface area contributed by atoms with Gasteiger partial charge in [-0.15, -0.1) is 0 Å². The Hall–Kier alpha value is -3.33. The third kappa shape index (κ3) is 3.04. The maximum Gasteiger partial charge on any atom is 0.115 e. The van der Waals surface area contributed by atoms with E-state index in [4.69, 9.17) is 4.98 Å². The molecule has 0 fully saturated rings. The van der Waals surface area contributed by atoms with E-state index in [2.05, 4.69) is 6.07 Å². The molecule has 0 bridgehead atoms. The molecule has 0 amide bonds. The van der Waals surface area contributed by atoms with Gasteiger partial charge in [0.25, 0.3) is 0 Å². The standard InChI is InChI=1S/C22H17NO2/c24-18-10-5-16(6-11-18)22(17-7-12-19(25)13-8-17)21-14-9-15-3-1-2-4-20(15)23-21/h1-14,22,24-25H. The van der Waals surface area contributed by atoms with E-state index in [1.807, 2.05) is 54.6 Å². The molecule has 0 saturated heterocycles. The molecule has 0 aliphatic rings. The minimum Gasteiger partial charge on any atom is -0.508 e. The van der Waals surface area contributed by atoms with Gasteiger partial charge in [0, 0.05) is 5.39 Å². The predicted octanol–water partition coefficient (Wildman–Crippen LogP) is 4.83. The van der Waals surface area contributed by atoms with E-state index in [0.29, 0.717) is 0 Å². The number of aromatic hydroxyl groups is 2. The highest BCUT2D eigenvalue weighted by Crippen LogP contribution is 2.33. The van der Waals surface area contributed by atoms with Crippen molar-refractivity contribution in [3.05, 3.63) is 102 Å². The molecule has 1 aromatic heterocycles. The first-order chi connectivity index (χ1) is 12.2. The van der Waals surface area contributed by atoms with Crippen LogP contribution < -0.4 is 0 Å². The molecule has 0 radical (unpaired) electrons. The first-order valence-corrected chi connectivity index (χ1v) is 8.14. The molecule has 3 nitrogen and oxygen atoms in total. The van der Waals surface area contributed by atoms with Crippen LogP contribution in [0.3, 0.4) is 0 Å². The highest BCUT2D eigenvalue weighted by Gasteiger charge is 2.18. The van der Waals surface area contributed by atoms with Crippen molar-refractivity contribution in [2.75, 3.05) is 0 Å². The van der Waals surface area contributed by atoms with Gasteiger partial charge in [-0.05, 0) is 47.5 Å². The summed E-state index contributed by atoms with van der Waals surface area (Å²) in [6.45, 7) is 0. The van der Waals surface area contributed by atoms with E-state index in [9.17, 15) is 10.2 Å². The van der Waals surface area contributed by atoms with Crippen molar-refractivity contribution in [1.29, 1.82) is 0 Å². The average molecular weight is 327 g/mol. The minimum absolute atomic E-state index is 0.0780. The van der Waals surface area contributed by atoms with E-state index in [1.165, 1.54) is 0 Å². The number of pyridine rings is 1. The predicted molar refractivity (Wildman–Crippen MR) is 98.9 cm³/mol. The molecule has 4 aromatic rings. The van der Waals surface area contributed by atoms with Gasteiger partial charge in [0.15, 0.2) is 0 Å². The Balaban J connectivity index is 1.88. The number of hydrogen-bond acceptors (Lipinski definition) is 3. The van der Waals surface area contributed by atoms with Crippen LogP contribution in [-0.2, 0) is 0 Å². The van der Waals surface area contributed by atoms with E-state index in [0.717, 1.165) is 27.7 Å². The molecule has 122 valence electrons. The summed E-state index contributed by atoms with van der Waals surface area (Å²) >= 11 is 0. The Bertz CT molecular complexity index is 963. The molecule has 0 aliphatic carbocycles. The smallest absolute Gasteiger partial charge is 0.115 e. The maximum absolute atomic E-state index is 9.61. The molecule has 0 unspecified atom stereocenters. The summed E-state index contributed by atoms with van der Waals surface area (Å²) in [6, 6.07) is 26.5. The van der Waals surface area contributed by atoms with Gasteiger partial charge >= 0.3 is 0 Å². The van der Waals surface area contributed by atoms with Crippen LogP contribution >= 0.6 is 0 Å². The summed E-state index contributed by atoms with van der Waals surface area (Å²) < 4.78 is 0. The summed E-state index contributed by atoms with van der Waals surface area (Å²) in [4.78, 5) is 4.85. The van der Waals surface area contributed by atoms with Crippen LogP contribution in [0, 0.1) is 0 Å². The van der Waals surface area contributed by atoms with Crippen molar-refractivity contribution in [1.82, 2.24) is 4.98 Å². The zero-order chi connectivity index (χ0) is 17.2. The zero-order valence-electron chi connectivity index (χ0n) is 13.5. The van der Waals surface area contributed by atoms with E-state index >= 15 is 0 Å². The number of aromatic nitrogens is 1. The third-order valence-electron chi connectivity index (χ3n) is 4.37. The van der Waals surface area contributed by atoms with E-state index in [1.54, 1.807) is 24.3 Å². The van der Waals surface area contributed by atoms with Crippen molar-refractivity contribution >= 4 is 10.9 Å². The Morgan fingerprint density at radius 1 is 0.600 bits per heavy atom. The second-order valence-electron chi connectivity index (χ2n) is 6.04. The number of para-hydroxylation sites is 1. The van der Waals surface area contributed by atoms with Crippen LogP contribution in [-0.4, -0.2) is 15.2 Å². The molecule has 3 heteroatoms. The largest absolute Gasteiger partial charge is 0.508 e. The Kier molecular flexibility index (Phi) is 3.82. The van der Waals surface area contributed by atoms with Gasteiger partial charge < -0.3 is 10.2 Å². The summed E-state index contributed by atoms with van der Waals surface area (Å²) in [6.07, 6.45) is 0. The third-order valence-corrected chi connectivity index (χ3v) is 4.37. The summed E-state index contributed by atoms with van der Waals surface area (Å²) in [5.74, 6) is 0.394. The SMILES string of the molecule is Oc1ccc(C(c2ccc(O)cc2)c2ccc3ccccc3n2)cc1. The molecule has 25 heavy (non-hydrogen) atoms. The number of phenolic OH excluding ortho intramolecular Hbond substituents is 2. The minimum atomic E-state index is -0.0780. The van der Waals surface area contributed by atoms with Gasteiger partial charge in [-0.3, -0.25) is 4.98 Å². The molecule has 3 aromatic carbocycles. The molecule has 0 aliphatic heterocycles. The molecule has 4 rings (SSSR count). The van der Waals surface area contributed by atoms with Gasteiger partial charge in [0.1, 0.15) is 11.5 Å². The van der Waals surface area contributed by atoms with E-state index in [-0.39, 0.29) is 17.4 Å². The molecule has 0 spiro atoms. The first kappa shape index (κ1) is 15.2. The zero-order valence-corrected chi connectivity index (χ0v) is 13.5. The van der Waals surface area contributed by atoms with Crippen molar-refractivity contribution < 1.29 is 10.2 Å². The van der Waals surface area contributed by atoms with Gasteiger partial charge in [-0.25, -0.2) is 0 Å². The number of fused-ring (bicyclic) bond motifs is 1. The van der Waals surface area contributed by atoms with E-state index < -0.39 is 0 Å². The van der Waals surface area contributed by atoms with Crippen molar-refractivity contribution in [3.8, 4) is 11.5 Å². The fraction of sp³-hybridized carbons (Fsp3) is 0.0455. The fourth-order valence-electron chi connectivity index (χ4n) is 3.11. The quantitative estimate of drug-likeness (QED) is 0.567. The average Bonchev–Trinajstić information content (AvgIpc) is 2.65. The molecule has 2 N–H and O–H groups in total. The second-order valence-corrected chi connectivity index (χ2v) is 6.04. The Labute approximate surface area is 145 Å². The molecular weight excluding hydrogens is 310 g/mol. The van der Waals surface area contributed by atoms with Crippen molar-refractivity contribution in [3.63, 3.8) is 0 Å². The fourth-order valence-corrected chi connectivity index (χ4v) is 3.11. The number of nitrogens with zero attached hydrogens (tertiary/aromatic N) is 1. The lowest BCUT2D eigenvalue weighted by Gasteiger charge is -2.18. The van der Waals surface area contributed by atoms with Crippen LogP contribution in [0.25, 0.3) is 10.9 Å². The highest BCUT2D eigenvalue weighted by molar-refractivity contribution is 5.78. The number of hydrogen-bond donors (Lipinski definition) is 2. The monoisotopic (exact) mass is 327 g/mol. The number of rotatable bonds is 3. The highest BCUT2D eigenvalue weighted by atomic mass is 16.3. The van der Waals surface area contributed by atoms with Crippen molar-refractivity contribution in [2.45, 2.75) is 5.92 Å².